The van der Waals surface area contributed by atoms with Gasteiger partial charge in [-0.2, -0.15) is 0 Å². The first-order valence-electron chi connectivity index (χ1n) is 14.3. The third-order valence-corrected chi connectivity index (χ3v) is 8.22. The summed E-state index contributed by atoms with van der Waals surface area (Å²) in [7, 11) is 4.07. The number of aliphatic hydroxyl groups excluding tert-OH is 2. The van der Waals surface area contributed by atoms with Crippen LogP contribution in [0.15, 0.2) is 0 Å². The Morgan fingerprint density at radius 3 is 1.47 bits per heavy atom. The zero-order valence-electron chi connectivity index (χ0n) is 23.2. The normalized spacial score (nSPS) is 12.5. The maximum absolute atomic E-state index is 9.18. The molecule has 0 unspecified atom stereocenters. The molecule has 0 saturated heterocycles. The van der Waals surface area contributed by atoms with E-state index >= 15 is 0 Å². The van der Waals surface area contributed by atoms with Crippen LogP contribution in [-0.2, 0) is 4.43 Å². The van der Waals surface area contributed by atoms with Crippen LogP contribution in [0.25, 0.3) is 0 Å². The predicted octanol–water partition coefficient (Wildman–Crippen LogP) is 1.92. The SMILES string of the molecule is CCCCCCCCCCCCCCCCCC[N+](C)(C)CCC[SiH2]OCC(N)(CO)CO.[Cl-]. The van der Waals surface area contributed by atoms with E-state index in [1.807, 2.05) is 0 Å². The van der Waals surface area contributed by atoms with E-state index < -0.39 is 15.3 Å². The molecule has 5 nitrogen and oxygen atoms in total. The summed E-state index contributed by atoms with van der Waals surface area (Å²) in [5.41, 5.74) is 4.85. The first-order chi connectivity index (χ1) is 15.9. The molecule has 0 amide bonds. The minimum atomic E-state index is -0.977. The summed E-state index contributed by atoms with van der Waals surface area (Å²) in [5, 5.41) is 18.4. The van der Waals surface area contributed by atoms with Gasteiger partial charge >= 0.3 is 0 Å². The number of aliphatic hydroxyl groups is 2. The van der Waals surface area contributed by atoms with Crippen LogP contribution in [0.2, 0.25) is 6.04 Å². The number of hydrogen-bond acceptors (Lipinski definition) is 4. The lowest BCUT2D eigenvalue weighted by Crippen LogP contribution is -3.00. The lowest BCUT2D eigenvalue weighted by Gasteiger charge is -2.30. The lowest BCUT2D eigenvalue weighted by molar-refractivity contribution is -0.890. The van der Waals surface area contributed by atoms with Gasteiger partial charge in [0, 0.05) is 0 Å². The Hall–Kier alpha value is 0.307. The summed E-state index contributed by atoms with van der Waals surface area (Å²) in [4.78, 5) is 0. The zero-order chi connectivity index (χ0) is 24.7. The second-order valence-corrected chi connectivity index (χ2v) is 12.6. The summed E-state index contributed by atoms with van der Waals surface area (Å²) in [6.07, 6.45) is 24.0. The van der Waals surface area contributed by atoms with E-state index in [1.165, 1.54) is 122 Å². The second kappa shape index (κ2) is 25.0. The minimum Gasteiger partial charge on any atom is -1.00 e. The van der Waals surface area contributed by atoms with Crippen molar-refractivity contribution in [2.45, 2.75) is 128 Å². The molecule has 0 aromatic heterocycles. The molecule has 0 fully saturated rings. The molecule has 4 N–H and O–H groups in total. The van der Waals surface area contributed by atoms with Crippen LogP contribution in [0.3, 0.4) is 0 Å². The smallest absolute Gasteiger partial charge is 0.161 e. The summed E-state index contributed by atoms with van der Waals surface area (Å²) < 4.78 is 6.77. The highest BCUT2D eigenvalue weighted by Crippen LogP contribution is 2.14. The van der Waals surface area contributed by atoms with E-state index in [9.17, 15) is 10.2 Å². The van der Waals surface area contributed by atoms with Crippen LogP contribution >= 0.6 is 0 Å². The maximum atomic E-state index is 9.18. The van der Waals surface area contributed by atoms with E-state index in [1.54, 1.807) is 0 Å². The highest BCUT2D eigenvalue weighted by Gasteiger charge is 2.23. The fraction of sp³-hybridized carbons (Fsp3) is 1.00. The first kappa shape index (κ1) is 36.5. The summed E-state index contributed by atoms with van der Waals surface area (Å²) >= 11 is 0. The average molecular weight is 525 g/mol. The van der Waals surface area contributed by atoms with Crippen molar-refractivity contribution in [2.75, 3.05) is 47.0 Å². The molecule has 0 saturated carbocycles. The van der Waals surface area contributed by atoms with E-state index in [0.29, 0.717) is 0 Å². The molecule has 7 heteroatoms. The molecular formula is C27H61ClN2O3Si. The molecule has 0 spiro atoms. The molecule has 0 heterocycles. The van der Waals surface area contributed by atoms with Gasteiger partial charge in [0.1, 0.15) is 0 Å². The minimum absolute atomic E-state index is 0. The molecule has 0 bridgehead atoms. The standard InChI is InChI=1S/C27H61N2O3Si.ClH/c1-4-5-6-7-8-9-10-11-12-13-14-15-16-17-18-19-21-29(2,3)22-20-23-33-32-26-27(28,24-30)25-31;/h30-31H,4-26,28,33H2,1-3H3;1H/q+1;/p-1. The van der Waals surface area contributed by atoms with Crippen molar-refractivity contribution in [3.8, 4) is 0 Å². The second-order valence-electron chi connectivity index (χ2n) is 11.1. The van der Waals surface area contributed by atoms with E-state index in [2.05, 4.69) is 21.0 Å². The number of nitrogens with two attached hydrogens (primary N) is 1. The highest BCUT2D eigenvalue weighted by molar-refractivity contribution is 6.27. The van der Waals surface area contributed by atoms with Gasteiger partial charge in [-0.25, -0.2) is 0 Å². The highest BCUT2D eigenvalue weighted by atomic mass is 35.5. The molecular weight excluding hydrogens is 464 g/mol. The molecule has 0 aliphatic rings. The van der Waals surface area contributed by atoms with Crippen LogP contribution in [-0.4, -0.2) is 77.0 Å². The number of rotatable bonds is 26. The Morgan fingerprint density at radius 1 is 0.676 bits per heavy atom. The van der Waals surface area contributed by atoms with Crippen molar-refractivity contribution in [2.24, 2.45) is 5.73 Å². The Bertz CT molecular complexity index is 413. The number of nitrogens with zero attached hydrogens (tertiary/aromatic N) is 1. The topological polar surface area (TPSA) is 75.7 Å². The van der Waals surface area contributed by atoms with Gasteiger partial charge in [0.25, 0.3) is 0 Å². The van der Waals surface area contributed by atoms with E-state index in [-0.39, 0.29) is 32.2 Å². The van der Waals surface area contributed by atoms with Crippen molar-refractivity contribution in [3.05, 3.63) is 0 Å². The quantitative estimate of drug-likeness (QED) is 0.0917. The van der Waals surface area contributed by atoms with Crippen molar-refractivity contribution in [3.63, 3.8) is 0 Å². The zero-order valence-corrected chi connectivity index (χ0v) is 25.3. The molecule has 0 atom stereocenters. The predicted molar refractivity (Wildman–Crippen MR) is 146 cm³/mol. The van der Waals surface area contributed by atoms with Crippen LogP contribution in [0.5, 0.6) is 0 Å². The number of halogens is 1. The third kappa shape index (κ3) is 24.0. The van der Waals surface area contributed by atoms with Crippen molar-refractivity contribution in [1.29, 1.82) is 0 Å². The fourth-order valence-corrected chi connectivity index (χ4v) is 5.54. The van der Waals surface area contributed by atoms with E-state index in [0.717, 1.165) is 10.5 Å². The number of hydrogen-bond donors (Lipinski definition) is 3. The molecule has 208 valence electrons. The van der Waals surface area contributed by atoms with E-state index in [4.69, 9.17) is 10.2 Å². The Labute approximate surface area is 221 Å². The molecule has 0 aliphatic carbocycles. The molecule has 0 aliphatic heterocycles. The van der Waals surface area contributed by atoms with Gasteiger partial charge in [-0.1, -0.05) is 96.8 Å². The maximum Gasteiger partial charge on any atom is 0.161 e. The van der Waals surface area contributed by atoms with Crippen molar-refractivity contribution < 1.29 is 31.5 Å². The van der Waals surface area contributed by atoms with Crippen LogP contribution < -0.4 is 18.1 Å². The first-order valence-corrected chi connectivity index (χ1v) is 15.9. The van der Waals surface area contributed by atoms with Crippen molar-refractivity contribution >= 4 is 9.76 Å². The van der Waals surface area contributed by atoms with Gasteiger partial charge in [0.15, 0.2) is 9.76 Å². The summed E-state index contributed by atoms with van der Waals surface area (Å²) in [5.74, 6) is 0. The van der Waals surface area contributed by atoms with Gasteiger partial charge < -0.3 is 37.3 Å². The van der Waals surface area contributed by atoms with Gasteiger partial charge in [-0.15, -0.1) is 0 Å². The molecule has 0 rings (SSSR count). The Balaban J connectivity index is 0. The van der Waals surface area contributed by atoms with Crippen LogP contribution in [0, 0.1) is 0 Å². The van der Waals surface area contributed by atoms with Crippen LogP contribution in [0.4, 0.5) is 0 Å². The Morgan fingerprint density at radius 2 is 1.06 bits per heavy atom. The van der Waals surface area contributed by atoms with Gasteiger partial charge in [0.2, 0.25) is 0 Å². The molecule has 0 aromatic rings. The summed E-state index contributed by atoms with van der Waals surface area (Å²) in [6, 6.07) is 1.13. The largest absolute Gasteiger partial charge is 1.00 e. The molecule has 34 heavy (non-hydrogen) atoms. The van der Waals surface area contributed by atoms with Gasteiger partial charge in [-0.3, -0.25) is 0 Å². The molecule has 0 radical (unpaired) electrons. The van der Waals surface area contributed by atoms with Crippen LogP contribution in [0.1, 0.15) is 116 Å². The van der Waals surface area contributed by atoms with Crippen molar-refractivity contribution in [1.82, 2.24) is 0 Å². The Kier molecular flexibility index (Phi) is 26.8. The number of unbranched alkanes of at least 4 members (excludes halogenated alkanes) is 15. The van der Waals surface area contributed by atoms with Gasteiger partial charge in [0.05, 0.1) is 52.5 Å². The average Bonchev–Trinajstić information content (AvgIpc) is 2.80. The number of quaternary nitrogens is 1. The fourth-order valence-electron chi connectivity index (χ4n) is 4.36. The lowest BCUT2D eigenvalue weighted by atomic mass is 10.0. The monoisotopic (exact) mass is 524 g/mol. The van der Waals surface area contributed by atoms with Gasteiger partial charge in [-0.05, 0) is 25.3 Å². The molecule has 0 aromatic carbocycles. The third-order valence-electron chi connectivity index (χ3n) is 6.94. The summed E-state index contributed by atoms with van der Waals surface area (Å²) in [6.45, 7) is 4.55.